The highest BCUT2D eigenvalue weighted by molar-refractivity contribution is 9.09. The van der Waals surface area contributed by atoms with Crippen molar-refractivity contribution < 1.29 is 0 Å². The summed E-state index contributed by atoms with van der Waals surface area (Å²) in [6, 6.07) is 0. The summed E-state index contributed by atoms with van der Waals surface area (Å²) in [6.07, 6.45) is 3.00. The van der Waals surface area contributed by atoms with E-state index in [1.54, 1.807) is 0 Å². The molecule has 4 heteroatoms. The molecule has 1 unspecified atom stereocenters. The Morgan fingerprint density at radius 2 is 2.00 bits per heavy atom. The van der Waals surface area contributed by atoms with Gasteiger partial charge in [0.1, 0.15) is 0 Å². The normalized spacial score (nSPS) is 13.4. The Bertz CT molecular complexity index is 361. The summed E-state index contributed by atoms with van der Waals surface area (Å²) in [5, 5.41) is 5.41. The molecule has 2 nitrogen and oxygen atoms in total. The van der Waals surface area contributed by atoms with E-state index in [4.69, 9.17) is 11.6 Å². The molecule has 0 amide bonds. The molecule has 0 aliphatic rings. The van der Waals surface area contributed by atoms with Gasteiger partial charge in [0, 0.05) is 11.4 Å². The van der Waals surface area contributed by atoms with Crippen LogP contribution in [-0.4, -0.2) is 14.6 Å². The molecule has 0 bridgehead atoms. The number of rotatable bonds is 6. The zero-order chi connectivity index (χ0) is 13.0. The Hall–Kier alpha value is -0.0200. The maximum Gasteiger partial charge on any atom is 0.0849 e. The molecule has 0 aromatic carbocycles. The third kappa shape index (κ3) is 3.72. The van der Waals surface area contributed by atoms with Gasteiger partial charge in [0.2, 0.25) is 0 Å². The van der Waals surface area contributed by atoms with Gasteiger partial charge < -0.3 is 0 Å². The second kappa shape index (κ2) is 6.79. The summed E-state index contributed by atoms with van der Waals surface area (Å²) in [4.78, 5) is 0.545. The van der Waals surface area contributed by atoms with Crippen molar-refractivity contribution in [2.24, 2.45) is 5.92 Å². The molecule has 1 aromatic heterocycles. The summed E-state index contributed by atoms with van der Waals surface area (Å²) in [5.41, 5.74) is 2.22. The van der Waals surface area contributed by atoms with E-state index in [-0.39, 0.29) is 0 Å². The number of alkyl halides is 1. The number of hydrogen-bond acceptors (Lipinski definition) is 1. The molecule has 0 radical (unpaired) electrons. The zero-order valence-corrected chi connectivity index (χ0v) is 13.5. The smallest absolute Gasteiger partial charge is 0.0849 e. The molecule has 1 atom stereocenters. The molecule has 0 fully saturated rings. The molecule has 0 N–H and O–H groups in total. The first-order valence-electron chi connectivity index (χ1n) is 6.39. The van der Waals surface area contributed by atoms with Crippen LogP contribution < -0.4 is 0 Å². The van der Waals surface area contributed by atoms with Crippen LogP contribution in [0.5, 0.6) is 0 Å². The fraction of sp³-hybridized carbons (Fsp3) is 0.769. The predicted molar refractivity (Wildman–Crippen MR) is 78.2 cm³/mol. The van der Waals surface area contributed by atoms with Crippen molar-refractivity contribution >= 4 is 27.5 Å². The number of aromatic nitrogens is 2. The zero-order valence-electron chi connectivity index (χ0n) is 11.1. The number of halogens is 2. The van der Waals surface area contributed by atoms with Crippen LogP contribution in [0.1, 0.15) is 45.5 Å². The van der Waals surface area contributed by atoms with Gasteiger partial charge in [0.25, 0.3) is 0 Å². The monoisotopic (exact) mass is 320 g/mol. The van der Waals surface area contributed by atoms with Crippen LogP contribution in [0.3, 0.4) is 0 Å². The van der Waals surface area contributed by atoms with E-state index in [0.717, 1.165) is 36.5 Å². The number of hydrogen-bond donors (Lipinski definition) is 0. The Balaban J connectivity index is 2.79. The van der Waals surface area contributed by atoms with Crippen molar-refractivity contribution in [3.8, 4) is 0 Å². The Morgan fingerprint density at radius 3 is 2.47 bits per heavy atom. The summed E-state index contributed by atoms with van der Waals surface area (Å²) >= 11 is 10.1. The molecular formula is C13H22BrClN2. The summed E-state index contributed by atoms with van der Waals surface area (Å²) in [7, 11) is 0. The van der Waals surface area contributed by atoms with Gasteiger partial charge in [-0.3, -0.25) is 4.68 Å². The molecule has 1 aromatic rings. The number of nitrogens with zero attached hydrogens (tertiary/aromatic N) is 2. The fourth-order valence-electron chi connectivity index (χ4n) is 1.86. The highest BCUT2D eigenvalue weighted by atomic mass is 79.9. The van der Waals surface area contributed by atoms with E-state index in [9.17, 15) is 0 Å². The molecule has 0 saturated carbocycles. The van der Waals surface area contributed by atoms with E-state index in [1.165, 1.54) is 5.69 Å². The lowest BCUT2D eigenvalue weighted by Gasteiger charge is -2.13. The third-order valence-electron chi connectivity index (χ3n) is 3.07. The molecule has 98 valence electrons. The molecule has 17 heavy (non-hydrogen) atoms. The first kappa shape index (κ1) is 15.0. The fourth-order valence-corrected chi connectivity index (χ4v) is 2.46. The highest BCUT2D eigenvalue weighted by Crippen LogP contribution is 2.25. The molecule has 0 saturated heterocycles. The lowest BCUT2D eigenvalue weighted by atomic mass is 10.0. The largest absolute Gasteiger partial charge is 0.268 e. The summed E-state index contributed by atoms with van der Waals surface area (Å²) in [6.45, 7) is 9.56. The SMILES string of the molecule is CCc1nn(CC)c(CCC(Br)C(C)C)c1Cl. The van der Waals surface area contributed by atoms with Gasteiger partial charge in [-0.15, -0.1) is 0 Å². The second-order valence-corrected chi connectivity index (χ2v) is 6.23. The quantitative estimate of drug-likeness (QED) is 0.707. The van der Waals surface area contributed by atoms with E-state index in [2.05, 4.69) is 48.7 Å². The lowest BCUT2D eigenvalue weighted by Crippen LogP contribution is -2.11. The predicted octanol–water partition coefficient (Wildman–Crippen LogP) is 4.47. The van der Waals surface area contributed by atoms with Crippen LogP contribution in [0, 0.1) is 5.92 Å². The third-order valence-corrected chi connectivity index (χ3v) is 5.03. The first-order valence-corrected chi connectivity index (χ1v) is 7.68. The standard InChI is InChI=1S/C13H22BrClN2/c1-5-11-13(15)12(17(6-2)16-11)8-7-10(14)9(3)4/h9-10H,5-8H2,1-4H3. The van der Waals surface area contributed by atoms with Gasteiger partial charge in [-0.05, 0) is 32.1 Å². The van der Waals surface area contributed by atoms with Crippen LogP contribution in [0.15, 0.2) is 0 Å². The Morgan fingerprint density at radius 1 is 1.35 bits per heavy atom. The number of aryl methyl sites for hydroxylation is 2. The van der Waals surface area contributed by atoms with Gasteiger partial charge in [0.15, 0.2) is 0 Å². The van der Waals surface area contributed by atoms with Crippen molar-refractivity contribution in [1.82, 2.24) is 9.78 Å². The minimum atomic E-state index is 0.545. The van der Waals surface area contributed by atoms with Crippen LogP contribution in [0.2, 0.25) is 5.02 Å². The first-order chi connectivity index (χ1) is 8.01. The molecule has 1 heterocycles. The van der Waals surface area contributed by atoms with Crippen molar-refractivity contribution in [2.75, 3.05) is 0 Å². The van der Waals surface area contributed by atoms with Crippen LogP contribution in [0.4, 0.5) is 0 Å². The van der Waals surface area contributed by atoms with Crippen molar-refractivity contribution in [1.29, 1.82) is 0 Å². The minimum absolute atomic E-state index is 0.545. The van der Waals surface area contributed by atoms with Gasteiger partial charge in [-0.25, -0.2) is 0 Å². The Labute approximate surface area is 118 Å². The van der Waals surface area contributed by atoms with Crippen molar-refractivity contribution in [3.05, 3.63) is 16.4 Å². The molecule has 0 aliphatic carbocycles. The molecule has 1 rings (SSSR count). The average molecular weight is 322 g/mol. The van der Waals surface area contributed by atoms with E-state index < -0.39 is 0 Å². The van der Waals surface area contributed by atoms with Gasteiger partial charge in [-0.1, -0.05) is 48.3 Å². The topological polar surface area (TPSA) is 17.8 Å². The molecule has 0 aliphatic heterocycles. The molecule has 0 spiro atoms. The minimum Gasteiger partial charge on any atom is -0.268 e. The van der Waals surface area contributed by atoms with Gasteiger partial charge >= 0.3 is 0 Å². The van der Waals surface area contributed by atoms with Crippen LogP contribution >= 0.6 is 27.5 Å². The maximum atomic E-state index is 6.37. The van der Waals surface area contributed by atoms with E-state index in [1.807, 2.05) is 4.68 Å². The van der Waals surface area contributed by atoms with E-state index in [0.29, 0.717) is 10.7 Å². The Kier molecular flexibility index (Phi) is 6.01. The maximum absolute atomic E-state index is 6.37. The molecular weight excluding hydrogens is 300 g/mol. The lowest BCUT2D eigenvalue weighted by molar-refractivity contribution is 0.554. The van der Waals surface area contributed by atoms with E-state index >= 15 is 0 Å². The van der Waals surface area contributed by atoms with Crippen LogP contribution in [0.25, 0.3) is 0 Å². The summed E-state index contributed by atoms with van der Waals surface area (Å²) in [5.74, 6) is 0.650. The van der Waals surface area contributed by atoms with Crippen LogP contribution in [-0.2, 0) is 19.4 Å². The summed E-state index contributed by atoms with van der Waals surface area (Å²) < 4.78 is 2.04. The van der Waals surface area contributed by atoms with Gasteiger partial charge in [0.05, 0.1) is 16.4 Å². The van der Waals surface area contributed by atoms with Crippen molar-refractivity contribution in [3.63, 3.8) is 0 Å². The average Bonchev–Trinajstić information content (AvgIpc) is 2.62. The van der Waals surface area contributed by atoms with Crippen molar-refractivity contribution in [2.45, 2.75) is 58.3 Å². The highest BCUT2D eigenvalue weighted by Gasteiger charge is 2.16. The van der Waals surface area contributed by atoms with Gasteiger partial charge in [-0.2, -0.15) is 5.10 Å². The second-order valence-electron chi connectivity index (χ2n) is 4.68.